The van der Waals surface area contributed by atoms with Gasteiger partial charge in [-0.3, -0.25) is 0 Å². The molecule has 3 nitrogen and oxygen atoms in total. The molecule has 58 valence electrons. The number of nitrogens with one attached hydrogen (secondary N) is 1. The smallest absolute Gasteiger partial charge is 0.0378 e. The Balaban J connectivity index is 2.97. The van der Waals surface area contributed by atoms with E-state index >= 15 is 0 Å². The standard InChI is InChI=1S/C7H15N3/c1-3-5-9-10-7-4-6-8-2/h5-6,10H,3-4,7H2,1-2H3/b8-6+,9-5+. The minimum Gasteiger partial charge on any atom is -0.310 e. The van der Waals surface area contributed by atoms with Crippen molar-refractivity contribution in [1.82, 2.24) is 5.43 Å². The summed E-state index contributed by atoms with van der Waals surface area (Å²) < 4.78 is 0. The quantitative estimate of drug-likeness (QED) is 0.347. The highest BCUT2D eigenvalue weighted by molar-refractivity contribution is 5.57. The summed E-state index contributed by atoms with van der Waals surface area (Å²) in [6.07, 6.45) is 5.64. The molecule has 0 saturated heterocycles. The zero-order chi connectivity index (χ0) is 7.66. The van der Waals surface area contributed by atoms with Gasteiger partial charge >= 0.3 is 0 Å². The van der Waals surface area contributed by atoms with E-state index in [1.165, 1.54) is 0 Å². The fourth-order valence-electron chi connectivity index (χ4n) is 0.479. The van der Waals surface area contributed by atoms with Gasteiger partial charge in [-0.15, -0.1) is 0 Å². The van der Waals surface area contributed by atoms with Gasteiger partial charge in [-0.1, -0.05) is 6.92 Å². The second kappa shape index (κ2) is 8.14. The first-order chi connectivity index (χ1) is 4.91. The van der Waals surface area contributed by atoms with Crippen LogP contribution in [0.5, 0.6) is 0 Å². The minimum atomic E-state index is 0.869. The van der Waals surface area contributed by atoms with Gasteiger partial charge in [0.05, 0.1) is 0 Å². The number of rotatable bonds is 5. The summed E-state index contributed by atoms with van der Waals surface area (Å²) in [5, 5.41) is 3.92. The van der Waals surface area contributed by atoms with Crippen LogP contribution in [0.2, 0.25) is 0 Å². The second-order valence-corrected chi connectivity index (χ2v) is 1.86. The molecule has 0 aromatic carbocycles. The molecule has 10 heavy (non-hydrogen) atoms. The number of aliphatic imine (C=N–C) groups is 1. The maximum atomic E-state index is 3.92. The predicted molar refractivity (Wildman–Crippen MR) is 45.8 cm³/mol. The van der Waals surface area contributed by atoms with E-state index in [0.29, 0.717) is 0 Å². The molecular weight excluding hydrogens is 126 g/mol. The molecule has 0 heterocycles. The average Bonchev–Trinajstić information content (AvgIpc) is 1.97. The van der Waals surface area contributed by atoms with E-state index in [2.05, 4.69) is 22.4 Å². The Kier molecular flexibility index (Phi) is 7.44. The highest BCUT2D eigenvalue weighted by atomic mass is 15.3. The van der Waals surface area contributed by atoms with Gasteiger partial charge in [-0.25, -0.2) is 0 Å². The van der Waals surface area contributed by atoms with Gasteiger partial charge in [0, 0.05) is 32.4 Å². The number of hydrazone groups is 1. The van der Waals surface area contributed by atoms with Crippen LogP contribution in [0, 0.1) is 0 Å². The Hall–Kier alpha value is -0.860. The van der Waals surface area contributed by atoms with E-state index in [9.17, 15) is 0 Å². The third kappa shape index (κ3) is 7.14. The molecule has 1 N–H and O–H groups in total. The molecule has 0 radical (unpaired) electrons. The lowest BCUT2D eigenvalue weighted by molar-refractivity contribution is 0.759. The molecule has 0 unspecified atom stereocenters. The summed E-state index contributed by atoms with van der Waals surface area (Å²) in [5.74, 6) is 0. The van der Waals surface area contributed by atoms with Crippen molar-refractivity contribution >= 4 is 12.4 Å². The van der Waals surface area contributed by atoms with E-state index in [1.54, 1.807) is 7.05 Å². The first-order valence-corrected chi connectivity index (χ1v) is 3.56. The van der Waals surface area contributed by atoms with Crippen molar-refractivity contribution in [2.24, 2.45) is 10.1 Å². The van der Waals surface area contributed by atoms with E-state index in [0.717, 1.165) is 19.4 Å². The summed E-state index contributed by atoms with van der Waals surface area (Å²) in [4.78, 5) is 3.84. The Morgan fingerprint density at radius 2 is 2.20 bits per heavy atom. The first kappa shape index (κ1) is 9.14. The molecule has 0 atom stereocenters. The van der Waals surface area contributed by atoms with Crippen LogP contribution in [0.4, 0.5) is 0 Å². The molecule has 0 aromatic rings. The van der Waals surface area contributed by atoms with E-state index < -0.39 is 0 Å². The lowest BCUT2D eigenvalue weighted by Gasteiger charge is -1.92. The number of nitrogens with zero attached hydrogens (tertiary/aromatic N) is 2. The molecule has 0 spiro atoms. The third-order valence-corrected chi connectivity index (χ3v) is 0.933. The van der Waals surface area contributed by atoms with Crippen LogP contribution in [0.3, 0.4) is 0 Å². The maximum absolute atomic E-state index is 3.92. The van der Waals surface area contributed by atoms with Crippen molar-refractivity contribution in [3.63, 3.8) is 0 Å². The molecule has 0 rings (SSSR count). The van der Waals surface area contributed by atoms with Crippen molar-refractivity contribution in [1.29, 1.82) is 0 Å². The maximum Gasteiger partial charge on any atom is 0.0378 e. The van der Waals surface area contributed by atoms with Crippen molar-refractivity contribution in [3.05, 3.63) is 0 Å². The Bertz CT molecular complexity index is 107. The highest BCUT2D eigenvalue weighted by Crippen LogP contribution is 1.70. The van der Waals surface area contributed by atoms with Crippen LogP contribution in [-0.4, -0.2) is 26.0 Å². The van der Waals surface area contributed by atoms with Crippen molar-refractivity contribution < 1.29 is 0 Å². The number of hydrogen-bond acceptors (Lipinski definition) is 3. The Morgan fingerprint density at radius 1 is 1.40 bits per heavy atom. The van der Waals surface area contributed by atoms with Gasteiger partial charge in [0.1, 0.15) is 0 Å². The van der Waals surface area contributed by atoms with Gasteiger partial charge in [-0.05, 0) is 6.42 Å². The molecule has 0 aliphatic heterocycles. The van der Waals surface area contributed by atoms with E-state index in [4.69, 9.17) is 0 Å². The molecule has 0 amide bonds. The summed E-state index contributed by atoms with van der Waals surface area (Å²) in [5.41, 5.74) is 2.90. The zero-order valence-electron chi connectivity index (χ0n) is 6.67. The summed E-state index contributed by atoms with van der Waals surface area (Å²) in [6, 6.07) is 0. The largest absolute Gasteiger partial charge is 0.310 e. The van der Waals surface area contributed by atoms with Crippen LogP contribution in [0.15, 0.2) is 10.1 Å². The van der Waals surface area contributed by atoms with Crippen LogP contribution < -0.4 is 5.43 Å². The Morgan fingerprint density at radius 3 is 2.80 bits per heavy atom. The van der Waals surface area contributed by atoms with Crippen LogP contribution in [0.1, 0.15) is 19.8 Å². The predicted octanol–water partition coefficient (Wildman–Crippen LogP) is 1.06. The zero-order valence-corrected chi connectivity index (χ0v) is 6.67. The molecule has 3 heteroatoms. The molecule has 0 aliphatic rings. The third-order valence-electron chi connectivity index (χ3n) is 0.933. The van der Waals surface area contributed by atoms with Crippen molar-refractivity contribution in [3.8, 4) is 0 Å². The molecular formula is C7H15N3. The summed E-state index contributed by atoms with van der Waals surface area (Å²) >= 11 is 0. The van der Waals surface area contributed by atoms with Gasteiger partial charge in [0.25, 0.3) is 0 Å². The van der Waals surface area contributed by atoms with Gasteiger partial charge in [0.2, 0.25) is 0 Å². The lowest BCUT2D eigenvalue weighted by atomic mass is 10.5. The molecule has 0 fully saturated rings. The van der Waals surface area contributed by atoms with Crippen molar-refractivity contribution in [2.45, 2.75) is 19.8 Å². The van der Waals surface area contributed by atoms with Crippen molar-refractivity contribution in [2.75, 3.05) is 13.6 Å². The molecule has 0 saturated carbocycles. The minimum absolute atomic E-state index is 0.869. The SMILES string of the molecule is CC/C=N/NCC/C=N/C. The molecule has 0 aliphatic carbocycles. The van der Waals surface area contributed by atoms with Crippen LogP contribution in [0.25, 0.3) is 0 Å². The van der Waals surface area contributed by atoms with E-state index in [-0.39, 0.29) is 0 Å². The topological polar surface area (TPSA) is 36.8 Å². The normalized spacial score (nSPS) is 11.4. The van der Waals surface area contributed by atoms with Crippen LogP contribution in [-0.2, 0) is 0 Å². The Labute approximate surface area is 62.2 Å². The van der Waals surface area contributed by atoms with Gasteiger partial charge in [0.15, 0.2) is 0 Å². The summed E-state index contributed by atoms with van der Waals surface area (Å²) in [6.45, 7) is 2.92. The van der Waals surface area contributed by atoms with Gasteiger partial charge in [-0.2, -0.15) is 5.10 Å². The fraction of sp³-hybridized carbons (Fsp3) is 0.714. The van der Waals surface area contributed by atoms with E-state index in [1.807, 2.05) is 12.4 Å². The fourth-order valence-corrected chi connectivity index (χ4v) is 0.479. The summed E-state index contributed by atoms with van der Waals surface area (Å²) in [7, 11) is 1.77. The molecule has 0 aromatic heterocycles. The van der Waals surface area contributed by atoms with Gasteiger partial charge < -0.3 is 10.4 Å². The average molecular weight is 141 g/mol. The van der Waals surface area contributed by atoms with Crippen LogP contribution >= 0.6 is 0 Å². The second-order valence-electron chi connectivity index (χ2n) is 1.86. The highest BCUT2D eigenvalue weighted by Gasteiger charge is 1.75. The lowest BCUT2D eigenvalue weighted by Crippen LogP contribution is -2.07. The molecule has 0 bridgehead atoms. The first-order valence-electron chi connectivity index (χ1n) is 3.56. The number of hydrogen-bond donors (Lipinski definition) is 1. The monoisotopic (exact) mass is 141 g/mol.